The van der Waals surface area contributed by atoms with Crippen LogP contribution in [-0.4, -0.2) is 34.7 Å². The van der Waals surface area contributed by atoms with E-state index in [4.69, 9.17) is 11.5 Å². The highest BCUT2D eigenvalue weighted by Crippen LogP contribution is 2.30. The molecule has 33 heavy (non-hydrogen) atoms. The first-order valence-corrected chi connectivity index (χ1v) is 9.59. The molecule has 0 bridgehead atoms. The van der Waals surface area contributed by atoms with Crippen molar-refractivity contribution in [3.63, 3.8) is 0 Å². The lowest BCUT2D eigenvalue weighted by Crippen LogP contribution is -2.29. The van der Waals surface area contributed by atoms with Gasteiger partial charge in [-0.2, -0.15) is 13.2 Å². The fourth-order valence-electron chi connectivity index (χ4n) is 3.31. The second-order valence-corrected chi connectivity index (χ2v) is 7.44. The van der Waals surface area contributed by atoms with E-state index in [1.807, 2.05) is 0 Å². The van der Waals surface area contributed by atoms with Crippen LogP contribution in [0.3, 0.4) is 0 Å². The average molecular weight is 459 g/mol. The first kappa shape index (κ1) is 23.5. The second kappa shape index (κ2) is 8.77. The molecule has 2 heterocycles. The lowest BCUT2D eigenvalue weighted by atomic mass is 9.97. The predicted octanol–water partition coefficient (Wildman–Crippen LogP) is 2.09. The largest absolute Gasteiger partial charge is 0.417 e. The number of halogens is 3. The number of rotatable bonds is 5. The van der Waals surface area contributed by atoms with Crippen LogP contribution in [0.15, 0.2) is 48.6 Å². The Bertz CT molecular complexity index is 1220. The second-order valence-electron chi connectivity index (χ2n) is 7.44. The zero-order valence-corrected chi connectivity index (χ0v) is 17.7. The summed E-state index contributed by atoms with van der Waals surface area (Å²) in [5.41, 5.74) is 12.1. The maximum atomic E-state index is 12.8. The third-order valence-corrected chi connectivity index (χ3v) is 4.89. The standard InChI is InChI=1S/C22H20F3N5O3/c1-11-5-12(19-15(6-11)20(32)30(2)21(19)33)8-18(31)29-17(27)4-3-16(26)13-7-14(10-28-9-13)22(23,24)25/h3-7,9-10H,8,26-27H2,1-2H3,(H,29,31)/b16-3-,17-4+. The van der Waals surface area contributed by atoms with Gasteiger partial charge in [-0.15, -0.1) is 0 Å². The van der Waals surface area contributed by atoms with Gasteiger partial charge in [-0.3, -0.25) is 24.3 Å². The van der Waals surface area contributed by atoms with Gasteiger partial charge in [0, 0.05) is 30.7 Å². The lowest BCUT2D eigenvalue weighted by molar-refractivity contribution is -0.137. The van der Waals surface area contributed by atoms with E-state index in [1.165, 1.54) is 19.2 Å². The SMILES string of the molecule is Cc1cc(CC(=O)N/C(N)=C/C=C(\N)c2cncc(C(F)(F)F)c2)c2c(c1)C(=O)N(C)C2=O. The molecular formula is C22H20F3N5O3. The van der Waals surface area contributed by atoms with Crippen LogP contribution in [0.1, 0.15) is 43.0 Å². The van der Waals surface area contributed by atoms with Gasteiger partial charge in [0.2, 0.25) is 5.91 Å². The molecule has 0 radical (unpaired) electrons. The number of allylic oxidation sites excluding steroid dienone is 2. The first-order chi connectivity index (χ1) is 15.4. The van der Waals surface area contributed by atoms with E-state index in [2.05, 4.69) is 10.3 Å². The molecule has 3 amide bonds. The number of pyridine rings is 1. The van der Waals surface area contributed by atoms with Gasteiger partial charge in [-0.25, -0.2) is 0 Å². The molecule has 1 aliphatic rings. The Kier molecular flexibility index (Phi) is 6.25. The maximum absolute atomic E-state index is 12.8. The van der Waals surface area contributed by atoms with Crippen molar-refractivity contribution in [2.24, 2.45) is 11.5 Å². The minimum atomic E-state index is -4.57. The Hall–Kier alpha value is -4.15. The van der Waals surface area contributed by atoms with Gasteiger partial charge in [0.25, 0.3) is 11.8 Å². The van der Waals surface area contributed by atoms with Crippen LogP contribution in [0.4, 0.5) is 13.2 Å². The van der Waals surface area contributed by atoms with Crippen LogP contribution in [0.2, 0.25) is 0 Å². The number of nitrogens with two attached hydrogens (primary N) is 2. The number of fused-ring (bicyclic) bond motifs is 1. The Balaban J connectivity index is 1.74. The number of carbonyl (C=O) groups excluding carboxylic acids is 3. The maximum Gasteiger partial charge on any atom is 0.417 e. The Morgan fingerprint density at radius 1 is 1.12 bits per heavy atom. The van der Waals surface area contributed by atoms with Gasteiger partial charge in [-0.05, 0) is 42.3 Å². The van der Waals surface area contributed by atoms with E-state index in [0.29, 0.717) is 17.3 Å². The van der Waals surface area contributed by atoms with E-state index >= 15 is 0 Å². The minimum Gasteiger partial charge on any atom is -0.398 e. The number of nitrogens with zero attached hydrogens (tertiary/aromatic N) is 2. The Morgan fingerprint density at radius 2 is 1.82 bits per heavy atom. The highest BCUT2D eigenvalue weighted by atomic mass is 19.4. The average Bonchev–Trinajstić information content (AvgIpc) is 2.95. The number of amides is 3. The van der Waals surface area contributed by atoms with E-state index in [-0.39, 0.29) is 34.6 Å². The van der Waals surface area contributed by atoms with Gasteiger partial charge in [-0.1, -0.05) is 6.07 Å². The molecule has 5 N–H and O–H groups in total. The lowest BCUT2D eigenvalue weighted by Gasteiger charge is -2.09. The van der Waals surface area contributed by atoms with E-state index in [9.17, 15) is 27.6 Å². The van der Waals surface area contributed by atoms with Gasteiger partial charge in [0.1, 0.15) is 5.82 Å². The van der Waals surface area contributed by atoms with Crippen molar-refractivity contribution < 1.29 is 27.6 Å². The number of aromatic nitrogens is 1. The molecule has 1 aromatic heterocycles. The zero-order valence-electron chi connectivity index (χ0n) is 17.7. The molecule has 0 unspecified atom stereocenters. The summed E-state index contributed by atoms with van der Waals surface area (Å²) in [6.07, 6.45) is -0.493. The normalized spacial score (nSPS) is 14.5. The van der Waals surface area contributed by atoms with Crippen molar-refractivity contribution in [3.8, 4) is 0 Å². The Morgan fingerprint density at radius 3 is 2.48 bits per heavy atom. The monoisotopic (exact) mass is 459 g/mol. The molecule has 0 atom stereocenters. The molecular weight excluding hydrogens is 439 g/mol. The number of nitrogens with one attached hydrogen (secondary N) is 1. The number of carbonyl (C=O) groups is 3. The summed E-state index contributed by atoms with van der Waals surface area (Å²) in [6, 6.07) is 4.07. The number of alkyl halides is 3. The van der Waals surface area contributed by atoms with Gasteiger partial charge in [0.05, 0.1) is 23.1 Å². The van der Waals surface area contributed by atoms with Crippen LogP contribution >= 0.6 is 0 Å². The van der Waals surface area contributed by atoms with Crippen LogP contribution in [0.25, 0.3) is 5.70 Å². The zero-order chi connectivity index (χ0) is 24.5. The topological polar surface area (TPSA) is 131 Å². The van der Waals surface area contributed by atoms with Crippen molar-refractivity contribution in [1.29, 1.82) is 0 Å². The molecule has 0 saturated heterocycles. The minimum absolute atomic E-state index is 0.0304. The number of hydrogen-bond donors (Lipinski definition) is 3. The fourth-order valence-corrected chi connectivity index (χ4v) is 3.31. The van der Waals surface area contributed by atoms with E-state index in [0.717, 1.165) is 17.2 Å². The summed E-state index contributed by atoms with van der Waals surface area (Å²) in [5, 5.41) is 2.41. The molecule has 1 aromatic carbocycles. The summed E-state index contributed by atoms with van der Waals surface area (Å²) < 4.78 is 38.5. The number of aryl methyl sites for hydroxylation is 1. The van der Waals surface area contributed by atoms with Crippen LogP contribution in [-0.2, 0) is 17.4 Å². The van der Waals surface area contributed by atoms with Crippen LogP contribution < -0.4 is 16.8 Å². The molecule has 172 valence electrons. The first-order valence-electron chi connectivity index (χ1n) is 9.59. The summed E-state index contributed by atoms with van der Waals surface area (Å²) in [6.45, 7) is 1.74. The molecule has 8 nitrogen and oxygen atoms in total. The molecule has 11 heteroatoms. The molecule has 0 saturated carbocycles. The molecule has 3 rings (SSSR count). The molecule has 1 aliphatic heterocycles. The van der Waals surface area contributed by atoms with Crippen LogP contribution in [0, 0.1) is 6.92 Å². The molecule has 2 aromatic rings. The van der Waals surface area contributed by atoms with Crippen molar-refractivity contribution in [2.45, 2.75) is 19.5 Å². The van der Waals surface area contributed by atoms with Gasteiger partial charge >= 0.3 is 6.18 Å². The third-order valence-electron chi connectivity index (χ3n) is 4.89. The number of hydrogen-bond acceptors (Lipinski definition) is 6. The van der Waals surface area contributed by atoms with Crippen molar-refractivity contribution >= 4 is 23.4 Å². The number of imide groups is 1. The smallest absolute Gasteiger partial charge is 0.398 e. The highest BCUT2D eigenvalue weighted by Gasteiger charge is 2.35. The fraction of sp³-hybridized carbons (Fsp3) is 0.182. The van der Waals surface area contributed by atoms with Crippen molar-refractivity contribution in [1.82, 2.24) is 15.2 Å². The molecule has 0 fully saturated rings. The van der Waals surface area contributed by atoms with E-state index < -0.39 is 29.5 Å². The van der Waals surface area contributed by atoms with E-state index in [1.54, 1.807) is 19.1 Å². The Labute approximate surface area is 186 Å². The van der Waals surface area contributed by atoms with Crippen molar-refractivity contribution in [2.75, 3.05) is 7.05 Å². The summed E-state index contributed by atoms with van der Waals surface area (Å²) in [5.74, 6) is -1.61. The van der Waals surface area contributed by atoms with Gasteiger partial charge < -0.3 is 16.8 Å². The predicted molar refractivity (Wildman–Crippen MR) is 113 cm³/mol. The van der Waals surface area contributed by atoms with Gasteiger partial charge in [0.15, 0.2) is 0 Å². The summed E-state index contributed by atoms with van der Waals surface area (Å²) in [4.78, 5) is 41.5. The van der Waals surface area contributed by atoms with Crippen molar-refractivity contribution in [3.05, 3.63) is 81.9 Å². The summed E-state index contributed by atoms with van der Waals surface area (Å²) in [7, 11) is 1.36. The molecule has 0 aliphatic carbocycles. The van der Waals surface area contributed by atoms with Crippen LogP contribution in [0.5, 0.6) is 0 Å². The third kappa shape index (κ3) is 5.03. The number of benzene rings is 1. The quantitative estimate of drug-likeness (QED) is 0.464. The summed E-state index contributed by atoms with van der Waals surface area (Å²) >= 11 is 0. The molecule has 0 spiro atoms. The highest BCUT2D eigenvalue weighted by molar-refractivity contribution is 6.22.